The molecule has 0 aliphatic rings. The number of para-hydroxylation sites is 1. The molecule has 150 valence electrons. The van der Waals surface area contributed by atoms with Crippen LogP contribution in [0.1, 0.15) is 12.0 Å². The maximum atomic E-state index is 13.0. The summed E-state index contributed by atoms with van der Waals surface area (Å²) in [5, 5.41) is 11.2. The van der Waals surface area contributed by atoms with E-state index in [1.54, 1.807) is 17.7 Å². The zero-order valence-corrected chi connectivity index (χ0v) is 18.0. The second kappa shape index (κ2) is 8.75. The minimum absolute atomic E-state index is 0.0743. The van der Waals surface area contributed by atoms with Crippen molar-refractivity contribution in [1.82, 2.24) is 19.2 Å². The van der Waals surface area contributed by atoms with Crippen molar-refractivity contribution >= 4 is 51.6 Å². The maximum Gasteiger partial charge on any atom is 0.262 e. The molecule has 2 aromatic heterocycles. The largest absolute Gasteiger partial charge is 0.385 e. The summed E-state index contributed by atoms with van der Waals surface area (Å²) in [5.74, 6) is 1.15. The fraction of sp³-hybridized carbons (Fsp3) is 0.250. The number of aryl methyl sites for hydroxylation is 1. The van der Waals surface area contributed by atoms with E-state index in [1.807, 2.05) is 40.8 Å². The van der Waals surface area contributed by atoms with E-state index in [4.69, 9.17) is 27.9 Å². The van der Waals surface area contributed by atoms with Crippen LogP contribution in [0.4, 0.5) is 0 Å². The van der Waals surface area contributed by atoms with Gasteiger partial charge in [-0.1, -0.05) is 47.1 Å². The maximum absolute atomic E-state index is 13.0. The first-order chi connectivity index (χ1) is 14.1. The topological polar surface area (TPSA) is 61.4 Å². The van der Waals surface area contributed by atoms with Crippen LogP contribution in [0.25, 0.3) is 16.7 Å². The average molecular weight is 449 g/mol. The SMILES string of the molecule is COCCCn1c(=O)c2ccccc2n2c(SCc3cc(Cl)cc(Cl)c3)nnc12. The number of thioether (sulfide) groups is 1. The lowest BCUT2D eigenvalue weighted by Gasteiger charge is -2.11. The fourth-order valence-corrected chi connectivity index (χ4v) is 4.68. The number of rotatable bonds is 7. The second-order valence-corrected chi connectivity index (χ2v) is 8.32. The molecule has 4 rings (SSSR count). The van der Waals surface area contributed by atoms with Gasteiger partial charge in [-0.05, 0) is 42.3 Å². The molecule has 9 heteroatoms. The number of methoxy groups -OCH3 is 1. The van der Waals surface area contributed by atoms with Gasteiger partial charge in [-0.15, -0.1) is 10.2 Å². The van der Waals surface area contributed by atoms with E-state index in [1.165, 1.54) is 11.8 Å². The van der Waals surface area contributed by atoms with Gasteiger partial charge in [-0.25, -0.2) is 0 Å². The van der Waals surface area contributed by atoms with Gasteiger partial charge in [0.15, 0.2) is 5.16 Å². The molecule has 0 bridgehead atoms. The lowest BCUT2D eigenvalue weighted by molar-refractivity contribution is 0.190. The summed E-state index contributed by atoms with van der Waals surface area (Å²) in [5.41, 5.74) is 1.70. The third-order valence-corrected chi connectivity index (χ3v) is 5.94. The van der Waals surface area contributed by atoms with Crippen LogP contribution in [-0.4, -0.2) is 32.9 Å². The van der Waals surface area contributed by atoms with Crippen LogP contribution < -0.4 is 5.56 Å². The van der Waals surface area contributed by atoms with Gasteiger partial charge in [-0.3, -0.25) is 13.8 Å². The predicted octanol–water partition coefficient (Wildman–Crippen LogP) is 4.68. The Bertz CT molecular complexity index is 1220. The molecular formula is C20H18Cl2N4O2S. The predicted molar refractivity (Wildman–Crippen MR) is 117 cm³/mol. The van der Waals surface area contributed by atoms with Crippen molar-refractivity contribution in [3.63, 3.8) is 0 Å². The molecule has 0 saturated carbocycles. The Kier molecular flexibility index (Phi) is 6.10. The van der Waals surface area contributed by atoms with Gasteiger partial charge in [0.2, 0.25) is 5.78 Å². The summed E-state index contributed by atoms with van der Waals surface area (Å²) >= 11 is 13.7. The van der Waals surface area contributed by atoms with Crippen LogP contribution in [0.5, 0.6) is 0 Å². The minimum Gasteiger partial charge on any atom is -0.385 e. The third kappa shape index (κ3) is 4.14. The quantitative estimate of drug-likeness (QED) is 0.303. The molecule has 2 heterocycles. The first-order valence-corrected chi connectivity index (χ1v) is 10.8. The summed E-state index contributed by atoms with van der Waals surface area (Å²) in [6.45, 7) is 1.07. The highest BCUT2D eigenvalue weighted by Gasteiger charge is 2.16. The van der Waals surface area contributed by atoms with E-state index in [2.05, 4.69) is 10.2 Å². The third-order valence-electron chi connectivity index (χ3n) is 4.50. The molecule has 0 fully saturated rings. The molecule has 0 spiro atoms. The lowest BCUT2D eigenvalue weighted by Crippen LogP contribution is -2.24. The van der Waals surface area contributed by atoms with Crippen LogP contribution >= 0.6 is 35.0 Å². The molecule has 6 nitrogen and oxygen atoms in total. The van der Waals surface area contributed by atoms with Crippen molar-refractivity contribution in [2.75, 3.05) is 13.7 Å². The molecule has 0 atom stereocenters. The number of hydrogen-bond acceptors (Lipinski definition) is 5. The molecule has 2 aromatic carbocycles. The Morgan fingerprint density at radius 1 is 1.10 bits per heavy atom. The number of fused-ring (bicyclic) bond motifs is 3. The van der Waals surface area contributed by atoms with Crippen molar-refractivity contribution in [3.8, 4) is 0 Å². The summed E-state index contributed by atoms with van der Waals surface area (Å²) in [4.78, 5) is 13.0. The molecule has 0 amide bonds. The van der Waals surface area contributed by atoms with E-state index in [0.29, 0.717) is 51.7 Å². The van der Waals surface area contributed by atoms with Crippen molar-refractivity contribution < 1.29 is 4.74 Å². The van der Waals surface area contributed by atoms with Crippen LogP contribution in [0.2, 0.25) is 10.0 Å². The molecule has 0 N–H and O–H groups in total. The summed E-state index contributed by atoms with van der Waals surface area (Å²) in [6, 6.07) is 13.0. The van der Waals surface area contributed by atoms with Gasteiger partial charge in [0.25, 0.3) is 5.56 Å². The van der Waals surface area contributed by atoms with Gasteiger partial charge in [0.05, 0.1) is 10.9 Å². The molecule has 0 aliphatic heterocycles. The van der Waals surface area contributed by atoms with Gasteiger partial charge in [-0.2, -0.15) is 0 Å². The number of aromatic nitrogens is 4. The monoisotopic (exact) mass is 448 g/mol. The molecular weight excluding hydrogens is 431 g/mol. The molecule has 0 aliphatic carbocycles. The summed E-state index contributed by atoms with van der Waals surface area (Å²) in [6.07, 6.45) is 0.709. The van der Waals surface area contributed by atoms with Crippen LogP contribution in [0.3, 0.4) is 0 Å². The number of benzene rings is 2. The smallest absolute Gasteiger partial charge is 0.262 e. The van der Waals surface area contributed by atoms with Crippen LogP contribution in [0.15, 0.2) is 52.4 Å². The Morgan fingerprint density at radius 2 is 1.86 bits per heavy atom. The number of ether oxygens (including phenoxy) is 1. The van der Waals surface area contributed by atoms with Crippen LogP contribution in [0, 0.1) is 0 Å². The normalized spacial score (nSPS) is 11.6. The zero-order valence-electron chi connectivity index (χ0n) is 15.6. The lowest BCUT2D eigenvalue weighted by atomic mass is 10.2. The molecule has 4 aromatic rings. The Balaban J connectivity index is 1.78. The second-order valence-electron chi connectivity index (χ2n) is 6.50. The van der Waals surface area contributed by atoms with Crippen molar-refractivity contribution in [2.45, 2.75) is 23.9 Å². The van der Waals surface area contributed by atoms with E-state index in [-0.39, 0.29) is 5.56 Å². The Morgan fingerprint density at radius 3 is 2.62 bits per heavy atom. The first-order valence-electron chi connectivity index (χ1n) is 9.02. The number of hydrogen-bond donors (Lipinski definition) is 0. The fourth-order valence-electron chi connectivity index (χ4n) is 3.24. The number of halogens is 2. The highest BCUT2D eigenvalue weighted by molar-refractivity contribution is 7.98. The molecule has 29 heavy (non-hydrogen) atoms. The van der Waals surface area contributed by atoms with Gasteiger partial charge >= 0.3 is 0 Å². The Labute approximate surface area is 181 Å². The van der Waals surface area contributed by atoms with Crippen molar-refractivity contribution in [3.05, 3.63) is 68.4 Å². The van der Waals surface area contributed by atoms with E-state index in [0.717, 1.165) is 11.1 Å². The molecule has 0 saturated heterocycles. The van der Waals surface area contributed by atoms with E-state index in [9.17, 15) is 4.79 Å². The standard InChI is InChI=1S/C20H18Cl2N4O2S/c1-28-8-4-7-25-18(27)16-5-2-3-6-17(16)26-19(25)23-24-20(26)29-12-13-9-14(21)11-15(22)10-13/h2-3,5-6,9-11H,4,7-8,12H2,1H3. The first kappa shape index (κ1) is 20.2. The van der Waals surface area contributed by atoms with Gasteiger partial charge < -0.3 is 4.74 Å². The van der Waals surface area contributed by atoms with Crippen molar-refractivity contribution in [2.24, 2.45) is 0 Å². The number of nitrogens with zero attached hydrogens (tertiary/aromatic N) is 4. The van der Waals surface area contributed by atoms with Gasteiger partial charge in [0, 0.05) is 36.1 Å². The van der Waals surface area contributed by atoms with Crippen LogP contribution in [-0.2, 0) is 17.0 Å². The van der Waals surface area contributed by atoms with Gasteiger partial charge in [0.1, 0.15) is 0 Å². The molecule has 0 radical (unpaired) electrons. The molecule has 0 unspecified atom stereocenters. The highest BCUT2D eigenvalue weighted by Crippen LogP contribution is 2.27. The minimum atomic E-state index is -0.0743. The highest BCUT2D eigenvalue weighted by atomic mass is 35.5. The van der Waals surface area contributed by atoms with Crippen molar-refractivity contribution in [1.29, 1.82) is 0 Å². The summed E-state index contributed by atoms with van der Waals surface area (Å²) in [7, 11) is 1.65. The zero-order chi connectivity index (χ0) is 20.4. The Hall–Kier alpha value is -2.06. The van der Waals surface area contributed by atoms with E-state index < -0.39 is 0 Å². The average Bonchev–Trinajstić information content (AvgIpc) is 3.12. The summed E-state index contributed by atoms with van der Waals surface area (Å²) < 4.78 is 8.72. The van der Waals surface area contributed by atoms with E-state index >= 15 is 0 Å².